The minimum absolute atomic E-state index is 0.553. The summed E-state index contributed by atoms with van der Waals surface area (Å²) in [6.45, 7) is 5.50. The third kappa shape index (κ3) is 4.79. The zero-order valence-corrected chi connectivity index (χ0v) is 18.7. The Labute approximate surface area is 182 Å². The van der Waals surface area contributed by atoms with E-state index in [1.807, 2.05) is 24.3 Å². The largest absolute Gasteiger partial charge is 0.493 e. The first-order chi connectivity index (χ1) is 14.0. The highest BCUT2D eigenvalue weighted by molar-refractivity contribution is 7.80. The van der Waals surface area contributed by atoms with Gasteiger partial charge >= 0.3 is 0 Å². The molecule has 1 N–H and O–H groups in total. The molecule has 156 valence electrons. The van der Waals surface area contributed by atoms with Crippen LogP contribution in [0.25, 0.3) is 0 Å². The first kappa shape index (κ1) is 21.3. The molecule has 2 aromatic carbocycles. The molecule has 8 heteroatoms. The van der Waals surface area contributed by atoms with Gasteiger partial charge in [-0.15, -0.1) is 0 Å². The second-order valence-corrected chi connectivity index (χ2v) is 7.57. The number of ether oxygens (including phenoxy) is 3. The molecule has 1 heterocycles. The summed E-state index contributed by atoms with van der Waals surface area (Å²) >= 11 is 11.8. The van der Waals surface area contributed by atoms with Gasteiger partial charge in [-0.2, -0.15) is 0 Å². The topological polar surface area (TPSA) is 46.2 Å². The Morgan fingerprint density at radius 2 is 1.59 bits per heavy atom. The molecule has 1 fully saturated rings. The Kier molecular flexibility index (Phi) is 6.92. The minimum Gasteiger partial charge on any atom is -0.493 e. The number of benzene rings is 2. The molecule has 0 spiro atoms. The molecular weight excluding hydrogens is 410 g/mol. The number of piperazine rings is 1. The van der Waals surface area contributed by atoms with E-state index in [0.717, 1.165) is 36.9 Å². The van der Waals surface area contributed by atoms with E-state index in [4.69, 9.17) is 38.0 Å². The molecule has 29 heavy (non-hydrogen) atoms. The molecule has 1 saturated heterocycles. The molecule has 0 unspecified atom stereocenters. The molecule has 2 aromatic rings. The minimum atomic E-state index is 0.553. The highest BCUT2D eigenvalue weighted by Crippen LogP contribution is 2.40. The van der Waals surface area contributed by atoms with E-state index < -0.39 is 0 Å². The van der Waals surface area contributed by atoms with Gasteiger partial charge in [-0.05, 0) is 36.8 Å². The van der Waals surface area contributed by atoms with Crippen LogP contribution in [0.4, 0.5) is 11.4 Å². The van der Waals surface area contributed by atoms with E-state index in [1.165, 1.54) is 11.3 Å². The summed E-state index contributed by atoms with van der Waals surface area (Å²) in [6, 6.07) is 9.70. The van der Waals surface area contributed by atoms with Crippen molar-refractivity contribution < 1.29 is 14.2 Å². The van der Waals surface area contributed by atoms with Crippen molar-refractivity contribution >= 4 is 40.3 Å². The van der Waals surface area contributed by atoms with Crippen molar-refractivity contribution in [2.45, 2.75) is 6.92 Å². The molecule has 0 saturated carbocycles. The second kappa shape index (κ2) is 9.41. The highest BCUT2D eigenvalue weighted by atomic mass is 35.5. The number of rotatable bonds is 5. The van der Waals surface area contributed by atoms with Gasteiger partial charge in [0, 0.05) is 54.7 Å². The molecule has 6 nitrogen and oxygen atoms in total. The van der Waals surface area contributed by atoms with Crippen LogP contribution in [-0.2, 0) is 0 Å². The molecule has 0 bridgehead atoms. The summed E-state index contributed by atoms with van der Waals surface area (Å²) in [5.74, 6) is 1.72. The summed E-state index contributed by atoms with van der Waals surface area (Å²) in [5, 5.41) is 4.71. The molecule has 3 rings (SSSR count). The van der Waals surface area contributed by atoms with Gasteiger partial charge in [-0.1, -0.05) is 17.7 Å². The van der Waals surface area contributed by atoms with Crippen LogP contribution >= 0.6 is 23.8 Å². The fourth-order valence-corrected chi connectivity index (χ4v) is 3.90. The fourth-order valence-electron chi connectivity index (χ4n) is 3.43. The second-order valence-electron chi connectivity index (χ2n) is 6.75. The van der Waals surface area contributed by atoms with Gasteiger partial charge < -0.3 is 29.3 Å². The van der Waals surface area contributed by atoms with Crippen LogP contribution in [0.2, 0.25) is 5.02 Å². The zero-order chi connectivity index (χ0) is 21.0. The van der Waals surface area contributed by atoms with Gasteiger partial charge in [0.2, 0.25) is 5.75 Å². The number of nitrogens with zero attached hydrogens (tertiary/aromatic N) is 2. The van der Waals surface area contributed by atoms with Crippen molar-refractivity contribution in [3.05, 3.63) is 40.9 Å². The molecule has 1 aliphatic rings. The van der Waals surface area contributed by atoms with Crippen molar-refractivity contribution in [1.82, 2.24) is 4.90 Å². The number of halogens is 1. The van der Waals surface area contributed by atoms with Gasteiger partial charge in [0.1, 0.15) is 0 Å². The van der Waals surface area contributed by atoms with Gasteiger partial charge in [0.05, 0.1) is 21.3 Å². The predicted octanol–water partition coefficient (Wildman–Crippen LogP) is 4.19. The SMILES string of the molecule is COc1cc(NC(=S)N2CCN(c3cc(Cl)ccc3C)CC2)cc(OC)c1OC. The van der Waals surface area contributed by atoms with Crippen molar-refractivity contribution in [2.75, 3.05) is 57.7 Å². The molecule has 0 atom stereocenters. The van der Waals surface area contributed by atoms with Crippen molar-refractivity contribution in [1.29, 1.82) is 0 Å². The lowest BCUT2D eigenvalue weighted by atomic mass is 10.1. The molecule has 0 amide bonds. The van der Waals surface area contributed by atoms with E-state index in [0.29, 0.717) is 22.4 Å². The Morgan fingerprint density at radius 1 is 0.966 bits per heavy atom. The number of anilines is 2. The smallest absolute Gasteiger partial charge is 0.203 e. The number of nitrogens with one attached hydrogen (secondary N) is 1. The van der Waals surface area contributed by atoms with Gasteiger partial charge in [-0.3, -0.25) is 0 Å². The lowest BCUT2D eigenvalue weighted by Crippen LogP contribution is -2.50. The lowest BCUT2D eigenvalue weighted by molar-refractivity contribution is 0.324. The van der Waals surface area contributed by atoms with Crippen LogP contribution in [0.3, 0.4) is 0 Å². The van der Waals surface area contributed by atoms with E-state index in [-0.39, 0.29) is 0 Å². The maximum atomic E-state index is 6.18. The standard InChI is InChI=1S/C21H26ClN3O3S/c1-14-5-6-15(22)11-17(14)24-7-9-25(10-8-24)21(29)23-16-12-18(26-2)20(28-4)19(13-16)27-3/h5-6,11-13H,7-10H2,1-4H3,(H,23,29). The summed E-state index contributed by atoms with van der Waals surface area (Å²) in [4.78, 5) is 4.51. The van der Waals surface area contributed by atoms with Gasteiger partial charge in [0.25, 0.3) is 0 Å². The molecule has 0 aromatic heterocycles. The average molecular weight is 436 g/mol. The third-order valence-electron chi connectivity index (χ3n) is 4.99. The average Bonchev–Trinajstić information content (AvgIpc) is 2.74. The maximum absolute atomic E-state index is 6.18. The van der Waals surface area contributed by atoms with Gasteiger partial charge in [0.15, 0.2) is 16.6 Å². The highest BCUT2D eigenvalue weighted by Gasteiger charge is 2.21. The van der Waals surface area contributed by atoms with Crippen LogP contribution in [-0.4, -0.2) is 57.5 Å². The van der Waals surface area contributed by atoms with Crippen LogP contribution in [0.1, 0.15) is 5.56 Å². The first-order valence-electron chi connectivity index (χ1n) is 9.34. The molecular formula is C21H26ClN3O3S. The predicted molar refractivity (Wildman–Crippen MR) is 122 cm³/mol. The summed E-state index contributed by atoms with van der Waals surface area (Å²) in [7, 11) is 4.77. The Balaban J connectivity index is 1.66. The van der Waals surface area contributed by atoms with E-state index in [1.54, 1.807) is 21.3 Å². The van der Waals surface area contributed by atoms with Crippen LogP contribution in [0, 0.1) is 6.92 Å². The van der Waals surface area contributed by atoms with E-state index in [9.17, 15) is 0 Å². The van der Waals surface area contributed by atoms with Crippen LogP contribution in [0.15, 0.2) is 30.3 Å². The summed E-state index contributed by atoms with van der Waals surface area (Å²) in [6.07, 6.45) is 0. The van der Waals surface area contributed by atoms with E-state index >= 15 is 0 Å². The van der Waals surface area contributed by atoms with Crippen molar-refractivity contribution in [3.63, 3.8) is 0 Å². The Hall–Kier alpha value is -2.38. The summed E-state index contributed by atoms with van der Waals surface area (Å²) in [5.41, 5.74) is 3.19. The number of methoxy groups -OCH3 is 3. The van der Waals surface area contributed by atoms with Crippen LogP contribution in [0.5, 0.6) is 17.2 Å². The maximum Gasteiger partial charge on any atom is 0.203 e. The van der Waals surface area contributed by atoms with Crippen molar-refractivity contribution in [3.8, 4) is 17.2 Å². The van der Waals surface area contributed by atoms with Crippen LogP contribution < -0.4 is 24.4 Å². The number of hydrogen-bond acceptors (Lipinski definition) is 5. The molecule has 1 aliphatic heterocycles. The van der Waals surface area contributed by atoms with Gasteiger partial charge in [-0.25, -0.2) is 0 Å². The normalized spacial score (nSPS) is 13.8. The summed E-state index contributed by atoms with van der Waals surface area (Å²) < 4.78 is 16.2. The Bertz CT molecular complexity index is 860. The lowest BCUT2D eigenvalue weighted by Gasteiger charge is -2.38. The third-order valence-corrected chi connectivity index (χ3v) is 5.59. The monoisotopic (exact) mass is 435 g/mol. The number of thiocarbonyl (C=S) groups is 1. The molecule has 0 radical (unpaired) electrons. The number of aryl methyl sites for hydroxylation is 1. The fraction of sp³-hybridized carbons (Fsp3) is 0.381. The Morgan fingerprint density at radius 3 is 2.14 bits per heavy atom. The zero-order valence-electron chi connectivity index (χ0n) is 17.1. The first-order valence-corrected chi connectivity index (χ1v) is 10.1. The quantitative estimate of drug-likeness (QED) is 0.706. The number of hydrogen-bond donors (Lipinski definition) is 1. The van der Waals surface area contributed by atoms with E-state index in [2.05, 4.69) is 28.1 Å². The molecule has 0 aliphatic carbocycles. The van der Waals surface area contributed by atoms with Crippen molar-refractivity contribution in [2.24, 2.45) is 0 Å².